The molecule has 23 heavy (non-hydrogen) atoms. The van der Waals surface area contributed by atoms with Gasteiger partial charge in [-0.15, -0.1) is 0 Å². The van der Waals surface area contributed by atoms with Crippen LogP contribution in [0.25, 0.3) is 22.8 Å². The van der Waals surface area contributed by atoms with E-state index >= 15 is 0 Å². The normalized spacial score (nSPS) is 12.3. The summed E-state index contributed by atoms with van der Waals surface area (Å²) in [5.74, 6) is 0.235. The minimum Gasteiger partial charge on any atom is -0.320 e. The third kappa shape index (κ3) is 2.22. The van der Waals surface area contributed by atoms with E-state index < -0.39 is 5.56 Å². The number of rotatable bonds is 1. The van der Waals surface area contributed by atoms with Crippen LogP contribution in [-0.4, -0.2) is 14.4 Å². The molecule has 1 N–H and O–H groups in total. The van der Waals surface area contributed by atoms with Crippen molar-refractivity contribution in [2.75, 3.05) is 0 Å². The third-order valence-corrected chi connectivity index (χ3v) is 3.89. The fraction of sp³-hybridized carbons (Fsp3) is 0. The predicted molar refractivity (Wildman–Crippen MR) is 89.8 cm³/mol. The van der Waals surface area contributed by atoms with Crippen molar-refractivity contribution in [3.63, 3.8) is 0 Å². The van der Waals surface area contributed by atoms with Gasteiger partial charge in [0.2, 0.25) is 5.78 Å². The average molecular weight is 324 g/mol. The number of aromatic nitrogens is 3. The van der Waals surface area contributed by atoms with Crippen molar-refractivity contribution < 1.29 is 0 Å². The van der Waals surface area contributed by atoms with Gasteiger partial charge in [0.05, 0.1) is 10.9 Å². The highest BCUT2D eigenvalue weighted by Crippen LogP contribution is 2.09. The minimum absolute atomic E-state index is 0.235. The summed E-state index contributed by atoms with van der Waals surface area (Å²) < 4.78 is 1.06. The van der Waals surface area contributed by atoms with E-state index in [1.807, 2.05) is 0 Å². The molecule has 0 bridgehead atoms. The Labute approximate surface area is 134 Å². The number of aromatic amines is 1. The molecule has 0 fully saturated rings. The summed E-state index contributed by atoms with van der Waals surface area (Å²) in [6, 6.07) is 14.0. The van der Waals surface area contributed by atoms with Gasteiger partial charge in [-0.1, -0.05) is 35.9 Å². The number of nitrogens with one attached hydrogen (secondary N) is 1. The second kappa shape index (κ2) is 5.07. The van der Waals surface area contributed by atoms with Crippen molar-refractivity contribution in [2.24, 2.45) is 0 Å². The fourth-order valence-electron chi connectivity index (χ4n) is 2.52. The number of para-hydroxylation sites is 1. The number of H-pyrrole nitrogens is 1. The van der Waals surface area contributed by atoms with Gasteiger partial charge in [0.25, 0.3) is 11.1 Å². The van der Waals surface area contributed by atoms with Gasteiger partial charge >= 0.3 is 0 Å². The second-order valence-electron chi connectivity index (χ2n) is 5.13. The lowest BCUT2D eigenvalue weighted by Crippen LogP contribution is -2.31. The lowest BCUT2D eigenvalue weighted by atomic mass is 10.2. The van der Waals surface area contributed by atoms with Gasteiger partial charge in [0, 0.05) is 5.02 Å². The molecule has 4 aromatic rings. The van der Waals surface area contributed by atoms with Gasteiger partial charge in [0.15, 0.2) is 0 Å². The summed E-state index contributed by atoms with van der Waals surface area (Å²) >= 11 is 5.85. The van der Waals surface area contributed by atoms with Gasteiger partial charge in [0.1, 0.15) is 5.35 Å². The van der Waals surface area contributed by atoms with Crippen molar-refractivity contribution in [3.05, 3.63) is 85.2 Å². The van der Waals surface area contributed by atoms with Crippen LogP contribution in [0.3, 0.4) is 0 Å². The van der Waals surface area contributed by atoms with Crippen LogP contribution in [0.2, 0.25) is 5.02 Å². The largest absolute Gasteiger partial charge is 0.320 e. The molecule has 0 radical (unpaired) electrons. The first-order valence-electron chi connectivity index (χ1n) is 6.94. The van der Waals surface area contributed by atoms with E-state index in [9.17, 15) is 9.59 Å². The average Bonchev–Trinajstić information content (AvgIpc) is 2.86. The smallest absolute Gasteiger partial charge is 0.284 e. The number of benzene rings is 2. The Balaban J connectivity index is 2.07. The first-order valence-corrected chi connectivity index (χ1v) is 7.32. The highest BCUT2D eigenvalue weighted by Gasteiger charge is 2.10. The summed E-state index contributed by atoms with van der Waals surface area (Å²) in [5, 5.41) is 1.33. The van der Waals surface area contributed by atoms with Crippen LogP contribution < -0.4 is 16.5 Å². The van der Waals surface area contributed by atoms with Gasteiger partial charge < -0.3 is 4.98 Å². The van der Waals surface area contributed by atoms with Gasteiger partial charge in [-0.05, 0) is 35.9 Å². The van der Waals surface area contributed by atoms with E-state index in [4.69, 9.17) is 11.6 Å². The molecule has 4 rings (SSSR count). The summed E-state index contributed by atoms with van der Waals surface area (Å²) in [4.78, 5) is 32.2. The molecule has 0 unspecified atom stereocenters. The molecule has 0 spiro atoms. The molecular formula is C17H10ClN3O2. The van der Waals surface area contributed by atoms with E-state index in [0.717, 1.165) is 9.96 Å². The lowest BCUT2D eigenvalue weighted by molar-refractivity contribution is 1.05. The third-order valence-electron chi connectivity index (χ3n) is 3.64. The van der Waals surface area contributed by atoms with Crippen LogP contribution in [0, 0.1) is 0 Å². The summed E-state index contributed by atoms with van der Waals surface area (Å²) in [7, 11) is 0. The number of nitrogens with zero attached hydrogens (tertiary/aromatic N) is 2. The first-order chi connectivity index (χ1) is 11.1. The maximum atomic E-state index is 12.5. The Kier molecular flexibility index (Phi) is 3.02. The topological polar surface area (TPSA) is 67.2 Å². The zero-order valence-electron chi connectivity index (χ0n) is 11.8. The number of halogens is 1. The molecule has 2 aromatic carbocycles. The molecular weight excluding hydrogens is 314 g/mol. The summed E-state index contributed by atoms with van der Waals surface area (Å²) in [5.41, 5.74) is 0.563. The Morgan fingerprint density at radius 3 is 2.52 bits per heavy atom. The Hall–Kier alpha value is -2.92. The van der Waals surface area contributed by atoms with Crippen LogP contribution in [-0.2, 0) is 0 Å². The van der Waals surface area contributed by atoms with Crippen LogP contribution in [0.4, 0.5) is 0 Å². The standard InChI is InChI=1S/C17H10ClN3O2/c18-11-7-5-10(6-8-11)9-14-16(23)21-15(22)12-3-1-2-4-13(12)19-17(21)20-14/h1-9H,(H,19,20). The zero-order chi connectivity index (χ0) is 16.0. The monoisotopic (exact) mass is 323 g/mol. The molecule has 0 aliphatic heterocycles. The number of hydrogen-bond donors (Lipinski definition) is 1. The highest BCUT2D eigenvalue weighted by molar-refractivity contribution is 6.30. The van der Waals surface area contributed by atoms with E-state index in [2.05, 4.69) is 9.97 Å². The van der Waals surface area contributed by atoms with E-state index in [1.165, 1.54) is 0 Å². The molecule has 0 saturated carbocycles. The molecule has 6 heteroatoms. The zero-order valence-corrected chi connectivity index (χ0v) is 12.5. The van der Waals surface area contributed by atoms with Crippen LogP contribution in [0.1, 0.15) is 5.56 Å². The van der Waals surface area contributed by atoms with E-state index in [0.29, 0.717) is 21.3 Å². The number of imidazole rings is 1. The van der Waals surface area contributed by atoms with Crippen LogP contribution in [0.5, 0.6) is 0 Å². The van der Waals surface area contributed by atoms with Crippen molar-refractivity contribution >= 4 is 34.4 Å². The molecule has 0 amide bonds. The summed E-state index contributed by atoms with van der Waals surface area (Å²) in [6.07, 6.45) is 1.66. The Bertz CT molecular complexity index is 1210. The maximum Gasteiger partial charge on any atom is 0.284 e. The van der Waals surface area contributed by atoms with Gasteiger partial charge in [-0.3, -0.25) is 9.59 Å². The molecule has 112 valence electrons. The SMILES string of the molecule is O=c1c(=Cc2ccc(Cl)cc2)[nH]c2nc3ccccc3c(=O)n12. The quantitative estimate of drug-likeness (QED) is 0.580. The molecule has 0 saturated heterocycles. The van der Waals surface area contributed by atoms with Gasteiger partial charge in [-0.25, -0.2) is 9.38 Å². The summed E-state index contributed by atoms with van der Waals surface area (Å²) in [6.45, 7) is 0. The number of hydrogen-bond acceptors (Lipinski definition) is 3. The number of fused-ring (bicyclic) bond motifs is 2. The molecule has 2 aromatic heterocycles. The Morgan fingerprint density at radius 1 is 1.00 bits per heavy atom. The lowest BCUT2D eigenvalue weighted by Gasteiger charge is -1.96. The highest BCUT2D eigenvalue weighted by atomic mass is 35.5. The van der Waals surface area contributed by atoms with Crippen LogP contribution >= 0.6 is 11.6 Å². The van der Waals surface area contributed by atoms with Crippen molar-refractivity contribution in [3.8, 4) is 0 Å². The maximum absolute atomic E-state index is 12.5. The van der Waals surface area contributed by atoms with Crippen molar-refractivity contribution in [1.82, 2.24) is 14.4 Å². The van der Waals surface area contributed by atoms with Gasteiger partial charge in [-0.2, -0.15) is 0 Å². The first kappa shape index (κ1) is 13.7. The molecule has 0 aliphatic rings. The van der Waals surface area contributed by atoms with E-state index in [-0.39, 0.29) is 11.3 Å². The van der Waals surface area contributed by atoms with Crippen molar-refractivity contribution in [1.29, 1.82) is 0 Å². The van der Waals surface area contributed by atoms with E-state index in [1.54, 1.807) is 54.6 Å². The predicted octanol–water partition coefficient (Wildman–Crippen LogP) is 1.74. The fourth-order valence-corrected chi connectivity index (χ4v) is 2.65. The minimum atomic E-state index is -0.418. The molecule has 0 atom stereocenters. The Morgan fingerprint density at radius 2 is 1.74 bits per heavy atom. The van der Waals surface area contributed by atoms with Crippen LogP contribution in [0.15, 0.2) is 58.1 Å². The molecule has 2 heterocycles. The molecule has 0 aliphatic carbocycles. The second-order valence-corrected chi connectivity index (χ2v) is 5.57. The van der Waals surface area contributed by atoms with Crippen molar-refractivity contribution in [2.45, 2.75) is 0 Å². The molecule has 5 nitrogen and oxygen atoms in total.